The molecule has 4 atom stereocenters. The Hall–Kier alpha value is -0.610. The summed E-state index contributed by atoms with van der Waals surface area (Å²) in [6.45, 7) is 3.07. The van der Waals surface area contributed by atoms with E-state index in [1.165, 1.54) is 0 Å². The zero-order valence-corrected chi connectivity index (χ0v) is 10.6. The molecule has 0 bridgehead atoms. The SMILES string of the molecule is CC1CCCNC1C(=O)NC1CCCC(O)C1. The van der Waals surface area contributed by atoms with Gasteiger partial charge in [0.05, 0.1) is 12.1 Å². The van der Waals surface area contributed by atoms with Crippen molar-refractivity contribution >= 4 is 5.91 Å². The predicted molar refractivity (Wildman–Crippen MR) is 66.6 cm³/mol. The zero-order valence-electron chi connectivity index (χ0n) is 10.6. The molecule has 0 radical (unpaired) electrons. The average molecular weight is 240 g/mol. The lowest BCUT2D eigenvalue weighted by molar-refractivity contribution is -0.126. The third kappa shape index (κ3) is 3.42. The minimum atomic E-state index is -0.231. The maximum atomic E-state index is 12.1. The quantitative estimate of drug-likeness (QED) is 0.669. The van der Waals surface area contributed by atoms with E-state index in [2.05, 4.69) is 17.6 Å². The molecule has 1 saturated carbocycles. The molecule has 0 spiro atoms. The van der Waals surface area contributed by atoms with E-state index >= 15 is 0 Å². The second-order valence-corrected chi connectivity index (χ2v) is 5.58. The van der Waals surface area contributed by atoms with Gasteiger partial charge in [0.25, 0.3) is 0 Å². The minimum absolute atomic E-state index is 0.0391. The van der Waals surface area contributed by atoms with Gasteiger partial charge in [0, 0.05) is 6.04 Å². The van der Waals surface area contributed by atoms with E-state index in [0.717, 1.165) is 38.6 Å². The second kappa shape index (κ2) is 5.83. The molecule has 17 heavy (non-hydrogen) atoms. The standard InChI is InChI=1S/C13H24N2O2/c1-9-4-3-7-14-12(9)13(17)15-10-5-2-6-11(16)8-10/h9-12,14,16H,2-8H2,1H3,(H,15,17). The number of rotatable bonds is 2. The second-order valence-electron chi connectivity index (χ2n) is 5.58. The highest BCUT2D eigenvalue weighted by Crippen LogP contribution is 2.20. The lowest BCUT2D eigenvalue weighted by atomic mass is 9.90. The minimum Gasteiger partial charge on any atom is -0.393 e. The van der Waals surface area contributed by atoms with Crippen molar-refractivity contribution in [3.63, 3.8) is 0 Å². The van der Waals surface area contributed by atoms with E-state index in [4.69, 9.17) is 0 Å². The Bertz CT molecular complexity index is 270. The van der Waals surface area contributed by atoms with Crippen LogP contribution in [-0.2, 0) is 4.79 Å². The fourth-order valence-corrected chi connectivity index (χ4v) is 2.99. The smallest absolute Gasteiger partial charge is 0.237 e. The van der Waals surface area contributed by atoms with Gasteiger partial charge in [-0.2, -0.15) is 0 Å². The first kappa shape index (κ1) is 12.8. The highest BCUT2D eigenvalue weighted by Gasteiger charge is 2.30. The first-order chi connectivity index (χ1) is 8.16. The number of amides is 1. The van der Waals surface area contributed by atoms with Crippen LogP contribution in [0.2, 0.25) is 0 Å². The van der Waals surface area contributed by atoms with E-state index < -0.39 is 0 Å². The van der Waals surface area contributed by atoms with Gasteiger partial charge in [-0.25, -0.2) is 0 Å². The summed E-state index contributed by atoms with van der Waals surface area (Å²) in [6.07, 6.45) is 5.66. The number of aliphatic hydroxyl groups excluding tert-OH is 1. The van der Waals surface area contributed by atoms with Gasteiger partial charge in [-0.05, 0) is 51.0 Å². The van der Waals surface area contributed by atoms with Crippen molar-refractivity contribution in [1.82, 2.24) is 10.6 Å². The van der Waals surface area contributed by atoms with Gasteiger partial charge in [-0.3, -0.25) is 4.79 Å². The Morgan fingerprint density at radius 2 is 2.12 bits per heavy atom. The molecule has 1 aliphatic heterocycles. The largest absolute Gasteiger partial charge is 0.393 e. The molecule has 1 aliphatic carbocycles. The van der Waals surface area contributed by atoms with Crippen molar-refractivity contribution in [2.45, 2.75) is 63.6 Å². The maximum Gasteiger partial charge on any atom is 0.237 e. The van der Waals surface area contributed by atoms with E-state index in [9.17, 15) is 9.90 Å². The summed E-state index contributed by atoms with van der Waals surface area (Å²) in [5, 5.41) is 16.0. The summed E-state index contributed by atoms with van der Waals surface area (Å²) in [5.74, 6) is 0.536. The summed E-state index contributed by atoms with van der Waals surface area (Å²) in [4.78, 5) is 12.1. The third-order valence-corrected chi connectivity index (χ3v) is 4.04. The monoisotopic (exact) mass is 240 g/mol. The molecule has 4 heteroatoms. The summed E-state index contributed by atoms with van der Waals surface area (Å²) in [7, 11) is 0. The van der Waals surface area contributed by atoms with Gasteiger partial charge >= 0.3 is 0 Å². The molecule has 4 nitrogen and oxygen atoms in total. The summed E-state index contributed by atoms with van der Waals surface area (Å²) >= 11 is 0. The first-order valence-corrected chi connectivity index (χ1v) is 6.88. The number of piperidine rings is 1. The van der Waals surface area contributed by atoms with Crippen LogP contribution in [0, 0.1) is 5.92 Å². The predicted octanol–water partition coefficient (Wildman–Crippen LogP) is 0.794. The lowest BCUT2D eigenvalue weighted by Crippen LogP contribution is -2.53. The van der Waals surface area contributed by atoms with E-state index in [0.29, 0.717) is 12.3 Å². The van der Waals surface area contributed by atoms with Crippen LogP contribution in [-0.4, -0.2) is 35.7 Å². The molecule has 98 valence electrons. The first-order valence-electron chi connectivity index (χ1n) is 6.88. The lowest BCUT2D eigenvalue weighted by Gasteiger charge is -2.32. The van der Waals surface area contributed by atoms with Crippen molar-refractivity contribution < 1.29 is 9.90 Å². The third-order valence-electron chi connectivity index (χ3n) is 4.04. The van der Waals surface area contributed by atoms with Gasteiger partial charge in [0.15, 0.2) is 0 Å². The molecular formula is C13H24N2O2. The molecule has 2 rings (SSSR count). The summed E-state index contributed by atoms with van der Waals surface area (Å²) in [5.41, 5.74) is 0. The van der Waals surface area contributed by atoms with Crippen molar-refractivity contribution in [2.75, 3.05) is 6.54 Å². The molecule has 2 fully saturated rings. The van der Waals surface area contributed by atoms with Crippen molar-refractivity contribution in [3.05, 3.63) is 0 Å². The van der Waals surface area contributed by atoms with Gasteiger partial charge < -0.3 is 15.7 Å². The molecule has 0 aromatic rings. The summed E-state index contributed by atoms with van der Waals surface area (Å²) < 4.78 is 0. The molecule has 1 heterocycles. The number of hydrogen-bond donors (Lipinski definition) is 3. The van der Waals surface area contributed by atoms with E-state index in [1.807, 2.05) is 0 Å². The highest BCUT2D eigenvalue weighted by molar-refractivity contribution is 5.82. The Morgan fingerprint density at radius 3 is 2.82 bits per heavy atom. The van der Waals surface area contributed by atoms with E-state index in [1.54, 1.807) is 0 Å². The van der Waals surface area contributed by atoms with Crippen molar-refractivity contribution in [3.8, 4) is 0 Å². The van der Waals surface area contributed by atoms with Crippen LogP contribution in [0.25, 0.3) is 0 Å². The van der Waals surface area contributed by atoms with Crippen LogP contribution >= 0.6 is 0 Å². The summed E-state index contributed by atoms with van der Waals surface area (Å²) in [6, 6.07) is 0.130. The Balaban J connectivity index is 1.83. The van der Waals surface area contributed by atoms with Crippen LogP contribution in [0.1, 0.15) is 45.4 Å². The molecule has 3 N–H and O–H groups in total. The normalized spacial score (nSPS) is 38.7. The highest BCUT2D eigenvalue weighted by atomic mass is 16.3. The fraction of sp³-hybridized carbons (Fsp3) is 0.923. The van der Waals surface area contributed by atoms with Gasteiger partial charge in [-0.1, -0.05) is 6.92 Å². The topological polar surface area (TPSA) is 61.4 Å². The van der Waals surface area contributed by atoms with Gasteiger partial charge in [0.2, 0.25) is 5.91 Å². The van der Waals surface area contributed by atoms with E-state index in [-0.39, 0.29) is 24.1 Å². The molecule has 4 unspecified atom stereocenters. The Kier molecular flexibility index (Phi) is 4.40. The Labute approximate surface area is 103 Å². The van der Waals surface area contributed by atoms with Crippen LogP contribution in [0.4, 0.5) is 0 Å². The van der Waals surface area contributed by atoms with Crippen LogP contribution < -0.4 is 10.6 Å². The maximum absolute atomic E-state index is 12.1. The number of hydrogen-bond acceptors (Lipinski definition) is 3. The number of aliphatic hydroxyl groups is 1. The van der Waals surface area contributed by atoms with Gasteiger partial charge in [-0.15, -0.1) is 0 Å². The molecule has 0 aromatic heterocycles. The molecule has 1 saturated heterocycles. The van der Waals surface area contributed by atoms with Crippen LogP contribution in [0.3, 0.4) is 0 Å². The zero-order chi connectivity index (χ0) is 12.3. The average Bonchev–Trinajstić information content (AvgIpc) is 2.29. The molecule has 2 aliphatic rings. The molecule has 0 aromatic carbocycles. The van der Waals surface area contributed by atoms with Crippen molar-refractivity contribution in [2.24, 2.45) is 5.92 Å². The van der Waals surface area contributed by atoms with Crippen molar-refractivity contribution in [1.29, 1.82) is 0 Å². The van der Waals surface area contributed by atoms with Crippen LogP contribution in [0.15, 0.2) is 0 Å². The van der Waals surface area contributed by atoms with Crippen LogP contribution in [0.5, 0.6) is 0 Å². The number of nitrogens with one attached hydrogen (secondary N) is 2. The fourth-order valence-electron chi connectivity index (χ4n) is 2.99. The number of carbonyl (C=O) groups excluding carboxylic acids is 1. The Morgan fingerprint density at radius 1 is 1.29 bits per heavy atom. The molecular weight excluding hydrogens is 216 g/mol. The van der Waals surface area contributed by atoms with Gasteiger partial charge in [0.1, 0.15) is 0 Å². The molecule has 1 amide bonds. The number of carbonyl (C=O) groups is 1.